The zero-order chi connectivity index (χ0) is 50.0. The summed E-state index contributed by atoms with van der Waals surface area (Å²) in [6.45, 7) is 6.55. The van der Waals surface area contributed by atoms with Crippen molar-refractivity contribution in [3.8, 4) is 0 Å². The van der Waals surface area contributed by atoms with E-state index in [0.717, 1.165) is 103 Å². The third-order valence-electron chi connectivity index (χ3n) is 13.3. The largest absolute Gasteiger partial charge is 0.462 e. The van der Waals surface area contributed by atoms with Gasteiger partial charge in [0.2, 0.25) is 0 Å². The van der Waals surface area contributed by atoms with E-state index in [1.54, 1.807) is 0 Å². The predicted octanol–water partition coefficient (Wildman–Crippen LogP) is 20.2. The Morgan fingerprint density at radius 2 is 0.565 bits per heavy atom. The number of allylic oxidation sites excluding steroid dienone is 8. The Bertz CT molecular complexity index is 1200. The predicted molar refractivity (Wildman–Crippen MR) is 298 cm³/mol. The molecule has 0 radical (unpaired) electrons. The summed E-state index contributed by atoms with van der Waals surface area (Å²) in [5, 5.41) is 0. The molecule has 0 aromatic rings. The maximum absolute atomic E-state index is 12.9. The minimum Gasteiger partial charge on any atom is -0.462 e. The van der Waals surface area contributed by atoms with Gasteiger partial charge in [-0.3, -0.25) is 14.4 Å². The van der Waals surface area contributed by atoms with Gasteiger partial charge in [0.25, 0.3) is 0 Å². The van der Waals surface area contributed by atoms with Crippen LogP contribution < -0.4 is 0 Å². The number of carbonyl (C=O) groups excluding carboxylic acids is 3. The van der Waals surface area contributed by atoms with Gasteiger partial charge >= 0.3 is 17.9 Å². The smallest absolute Gasteiger partial charge is 0.306 e. The van der Waals surface area contributed by atoms with Gasteiger partial charge in [0, 0.05) is 19.3 Å². The Labute approximate surface area is 428 Å². The van der Waals surface area contributed by atoms with Gasteiger partial charge in [0.1, 0.15) is 13.2 Å². The molecule has 0 aliphatic rings. The number of unbranched alkanes of at least 4 members (excludes halogenated alkanes) is 36. The summed E-state index contributed by atoms with van der Waals surface area (Å²) in [4.78, 5) is 38.2. The van der Waals surface area contributed by atoms with Crippen molar-refractivity contribution in [1.29, 1.82) is 0 Å². The van der Waals surface area contributed by atoms with E-state index in [4.69, 9.17) is 14.2 Å². The van der Waals surface area contributed by atoms with E-state index >= 15 is 0 Å². The van der Waals surface area contributed by atoms with Crippen molar-refractivity contribution in [3.05, 3.63) is 48.6 Å². The monoisotopic (exact) mass is 967 g/mol. The molecule has 0 aromatic heterocycles. The fourth-order valence-electron chi connectivity index (χ4n) is 8.81. The molecule has 0 bridgehead atoms. The maximum atomic E-state index is 12.9. The molecule has 0 fully saturated rings. The third-order valence-corrected chi connectivity index (χ3v) is 13.3. The molecule has 0 saturated heterocycles. The van der Waals surface area contributed by atoms with E-state index in [1.807, 2.05) is 0 Å². The molecule has 6 heteroatoms. The molecule has 0 rings (SSSR count). The Balaban J connectivity index is 4.32. The summed E-state index contributed by atoms with van der Waals surface area (Å²) in [5.41, 5.74) is 0. The van der Waals surface area contributed by atoms with Crippen molar-refractivity contribution in [1.82, 2.24) is 0 Å². The van der Waals surface area contributed by atoms with Gasteiger partial charge in [-0.2, -0.15) is 0 Å². The Hall–Kier alpha value is -2.63. The highest BCUT2D eigenvalue weighted by atomic mass is 16.6. The first-order valence-corrected chi connectivity index (χ1v) is 30.1. The highest BCUT2D eigenvalue weighted by molar-refractivity contribution is 5.71. The number of hydrogen-bond acceptors (Lipinski definition) is 6. The van der Waals surface area contributed by atoms with Crippen LogP contribution >= 0.6 is 0 Å². The van der Waals surface area contributed by atoms with Gasteiger partial charge in [0.15, 0.2) is 6.10 Å². The van der Waals surface area contributed by atoms with Crippen LogP contribution in [0.1, 0.15) is 316 Å². The lowest BCUT2D eigenvalue weighted by atomic mass is 10.0. The quantitative estimate of drug-likeness (QED) is 0.0262. The molecule has 0 spiro atoms. The van der Waals surface area contributed by atoms with Crippen LogP contribution in [0.5, 0.6) is 0 Å². The number of ether oxygens (including phenoxy) is 3. The van der Waals surface area contributed by atoms with Crippen molar-refractivity contribution in [2.45, 2.75) is 322 Å². The molecule has 0 heterocycles. The lowest BCUT2D eigenvalue weighted by Crippen LogP contribution is -2.30. The molecule has 402 valence electrons. The zero-order valence-corrected chi connectivity index (χ0v) is 46.1. The van der Waals surface area contributed by atoms with Crippen LogP contribution in [0, 0.1) is 0 Å². The van der Waals surface area contributed by atoms with E-state index in [2.05, 4.69) is 69.4 Å². The van der Waals surface area contributed by atoms with E-state index in [1.165, 1.54) is 173 Å². The standard InChI is InChI=1S/C63H114O6/c1-4-7-10-13-16-19-22-25-28-29-30-31-32-33-36-38-41-44-47-50-53-56-62(65)68-59-60(69-63(66)57-54-51-48-45-42-39-35-27-24-21-18-15-12-9-6-3)58-67-61(64)55-52-49-46-43-40-37-34-26-23-20-17-14-11-8-5-2/h9,12,18,21,26-27,34-35,60H,4-8,10-11,13-17,19-20,22-25,28-33,36-59H2,1-3H3/b12-9-,21-18-,34-26-,35-27-/t60-/m1/s1. The second-order valence-corrected chi connectivity index (χ2v) is 20.2. The van der Waals surface area contributed by atoms with Crippen LogP contribution in [-0.4, -0.2) is 37.2 Å². The van der Waals surface area contributed by atoms with Crippen LogP contribution in [0.3, 0.4) is 0 Å². The van der Waals surface area contributed by atoms with E-state index < -0.39 is 6.10 Å². The molecule has 1 atom stereocenters. The topological polar surface area (TPSA) is 78.9 Å². The van der Waals surface area contributed by atoms with Gasteiger partial charge in [-0.05, 0) is 77.0 Å². The Morgan fingerprint density at radius 3 is 0.899 bits per heavy atom. The molecule has 6 nitrogen and oxygen atoms in total. The van der Waals surface area contributed by atoms with Crippen LogP contribution in [0.4, 0.5) is 0 Å². The Morgan fingerprint density at radius 1 is 0.304 bits per heavy atom. The van der Waals surface area contributed by atoms with Crippen molar-refractivity contribution in [3.63, 3.8) is 0 Å². The summed E-state index contributed by atoms with van der Waals surface area (Å²) in [5.74, 6) is -0.889. The summed E-state index contributed by atoms with van der Waals surface area (Å²) in [6, 6.07) is 0. The van der Waals surface area contributed by atoms with Crippen LogP contribution in [0.25, 0.3) is 0 Å². The highest BCUT2D eigenvalue weighted by Crippen LogP contribution is 2.17. The van der Waals surface area contributed by atoms with Crippen molar-refractivity contribution in [2.24, 2.45) is 0 Å². The van der Waals surface area contributed by atoms with Crippen molar-refractivity contribution in [2.75, 3.05) is 13.2 Å². The van der Waals surface area contributed by atoms with E-state index in [0.29, 0.717) is 19.3 Å². The van der Waals surface area contributed by atoms with Gasteiger partial charge in [-0.25, -0.2) is 0 Å². The summed E-state index contributed by atoms with van der Waals surface area (Å²) < 4.78 is 16.9. The van der Waals surface area contributed by atoms with Crippen LogP contribution in [-0.2, 0) is 28.6 Å². The maximum Gasteiger partial charge on any atom is 0.306 e. The lowest BCUT2D eigenvalue weighted by Gasteiger charge is -2.18. The molecular weight excluding hydrogens is 853 g/mol. The third kappa shape index (κ3) is 56.2. The first-order valence-electron chi connectivity index (χ1n) is 30.1. The van der Waals surface area contributed by atoms with E-state index in [-0.39, 0.29) is 31.1 Å². The molecule has 69 heavy (non-hydrogen) atoms. The van der Waals surface area contributed by atoms with Crippen LogP contribution in [0.2, 0.25) is 0 Å². The second kappa shape index (κ2) is 57.9. The number of hydrogen-bond donors (Lipinski definition) is 0. The van der Waals surface area contributed by atoms with Gasteiger partial charge < -0.3 is 14.2 Å². The fourth-order valence-corrected chi connectivity index (χ4v) is 8.81. The average molecular weight is 968 g/mol. The SMILES string of the molecule is CC/C=C\C/C=C\C/C=C\CCCCCCCC(=O)O[C@H](COC(=O)CCCCCCC/C=C\CCCCCCCC)COC(=O)CCCCCCCCCCCCCCCCCCCCCCC. The van der Waals surface area contributed by atoms with Crippen molar-refractivity contribution >= 4 is 17.9 Å². The minimum atomic E-state index is -0.784. The second-order valence-electron chi connectivity index (χ2n) is 20.2. The minimum absolute atomic E-state index is 0.0796. The molecule has 0 aliphatic carbocycles. The first-order chi connectivity index (χ1) is 34.0. The van der Waals surface area contributed by atoms with Gasteiger partial charge in [0.05, 0.1) is 0 Å². The Kier molecular flexibility index (Phi) is 55.7. The van der Waals surface area contributed by atoms with Crippen LogP contribution in [0.15, 0.2) is 48.6 Å². The molecule has 0 aliphatic heterocycles. The summed E-state index contributed by atoms with van der Waals surface area (Å²) >= 11 is 0. The molecule has 0 unspecified atom stereocenters. The van der Waals surface area contributed by atoms with Gasteiger partial charge in [-0.1, -0.05) is 268 Å². The molecular formula is C63H114O6. The molecule has 0 N–H and O–H groups in total. The van der Waals surface area contributed by atoms with Gasteiger partial charge in [-0.15, -0.1) is 0 Å². The number of carbonyl (C=O) groups is 3. The first kappa shape index (κ1) is 66.4. The van der Waals surface area contributed by atoms with E-state index in [9.17, 15) is 14.4 Å². The normalized spacial score (nSPS) is 12.3. The molecule has 0 aromatic carbocycles. The molecule has 0 saturated carbocycles. The number of rotatable bonds is 55. The average Bonchev–Trinajstić information content (AvgIpc) is 3.35. The zero-order valence-electron chi connectivity index (χ0n) is 46.1. The molecule has 0 amide bonds. The van der Waals surface area contributed by atoms with Crippen molar-refractivity contribution < 1.29 is 28.6 Å². The summed E-state index contributed by atoms with van der Waals surface area (Å²) in [7, 11) is 0. The fraction of sp³-hybridized carbons (Fsp3) is 0.825. The lowest BCUT2D eigenvalue weighted by molar-refractivity contribution is -0.167. The highest BCUT2D eigenvalue weighted by Gasteiger charge is 2.19. The number of esters is 3. The summed E-state index contributed by atoms with van der Waals surface area (Å²) in [6.07, 6.45) is 71.1.